The summed E-state index contributed by atoms with van der Waals surface area (Å²) in [5.74, 6) is -0.00952. The van der Waals surface area contributed by atoms with Crippen molar-refractivity contribution in [2.75, 3.05) is 12.3 Å². The number of halogens is 1. The first kappa shape index (κ1) is 13.9. The molecule has 2 N–H and O–H groups in total. The number of aromatic nitrogens is 1. The van der Waals surface area contributed by atoms with Crippen molar-refractivity contribution in [2.24, 2.45) is 0 Å². The zero-order valence-corrected chi connectivity index (χ0v) is 12.3. The maximum atomic E-state index is 12.7. The molecule has 5 heteroatoms. The molecular formula is C16H16ClN3O. The van der Waals surface area contributed by atoms with Gasteiger partial charge in [-0.25, -0.2) is 0 Å². The van der Waals surface area contributed by atoms with Crippen molar-refractivity contribution in [3.63, 3.8) is 0 Å². The van der Waals surface area contributed by atoms with Crippen LogP contribution in [0, 0.1) is 0 Å². The van der Waals surface area contributed by atoms with Crippen LogP contribution in [-0.4, -0.2) is 22.3 Å². The van der Waals surface area contributed by atoms with Gasteiger partial charge >= 0.3 is 0 Å². The minimum atomic E-state index is -0.00952. The summed E-state index contributed by atoms with van der Waals surface area (Å²) in [6, 6.07) is 9.03. The lowest BCUT2D eigenvalue weighted by atomic mass is 10.1. The number of amides is 1. The van der Waals surface area contributed by atoms with Gasteiger partial charge in [0.25, 0.3) is 5.91 Å². The van der Waals surface area contributed by atoms with E-state index in [0.29, 0.717) is 16.3 Å². The topological polar surface area (TPSA) is 59.2 Å². The van der Waals surface area contributed by atoms with Gasteiger partial charge in [-0.15, -0.1) is 0 Å². The van der Waals surface area contributed by atoms with Gasteiger partial charge in [0.2, 0.25) is 0 Å². The second kappa shape index (κ2) is 5.74. The summed E-state index contributed by atoms with van der Waals surface area (Å²) in [5, 5.41) is 0.469. The molecule has 3 rings (SSSR count). The van der Waals surface area contributed by atoms with E-state index in [1.54, 1.807) is 24.4 Å². The molecule has 1 aromatic carbocycles. The van der Waals surface area contributed by atoms with Gasteiger partial charge in [-0.1, -0.05) is 17.7 Å². The molecule has 1 amide bonds. The fourth-order valence-corrected chi connectivity index (χ4v) is 2.89. The minimum absolute atomic E-state index is 0.00952. The van der Waals surface area contributed by atoms with Gasteiger partial charge in [0, 0.05) is 24.5 Å². The molecule has 0 saturated carbocycles. The molecule has 1 aromatic heterocycles. The third kappa shape index (κ3) is 2.72. The molecule has 4 nitrogen and oxygen atoms in total. The van der Waals surface area contributed by atoms with E-state index >= 15 is 0 Å². The van der Waals surface area contributed by atoms with Crippen LogP contribution in [0.5, 0.6) is 0 Å². The van der Waals surface area contributed by atoms with Crippen molar-refractivity contribution in [1.29, 1.82) is 0 Å². The Hall–Kier alpha value is -2.07. The van der Waals surface area contributed by atoms with Gasteiger partial charge < -0.3 is 10.6 Å². The maximum Gasteiger partial charge on any atom is 0.254 e. The summed E-state index contributed by atoms with van der Waals surface area (Å²) in [4.78, 5) is 18.7. The number of anilines is 1. The summed E-state index contributed by atoms with van der Waals surface area (Å²) in [5.41, 5.74) is 7.87. The second-order valence-electron chi connectivity index (χ2n) is 5.18. The molecule has 1 aliphatic rings. The normalized spacial score (nSPS) is 18.0. The van der Waals surface area contributed by atoms with E-state index < -0.39 is 0 Å². The van der Waals surface area contributed by atoms with Crippen LogP contribution in [0.2, 0.25) is 5.02 Å². The third-order valence-electron chi connectivity index (χ3n) is 3.83. The summed E-state index contributed by atoms with van der Waals surface area (Å²) in [6.07, 6.45) is 5.52. The van der Waals surface area contributed by atoms with E-state index in [9.17, 15) is 4.79 Å². The molecule has 1 atom stereocenters. The molecular weight excluding hydrogens is 286 g/mol. The van der Waals surface area contributed by atoms with Crippen LogP contribution in [0.1, 0.15) is 34.8 Å². The first-order valence-electron chi connectivity index (χ1n) is 6.93. The summed E-state index contributed by atoms with van der Waals surface area (Å²) in [6.45, 7) is 0.751. The van der Waals surface area contributed by atoms with Crippen LogP contribution in [0.4, 0.5) is 5.69 Å². The fraction of sp³-hybridized carbons (Fsp3) is 0.250. The first-order chi connectivity index (χ1) is 10.2. The predicted molar refractivity (Wildman–Crippen MR) is 83.1 cm³/mol. The van der Waals surface area contributed by atoms with Gasteiger partial charge in [0.1, 0.15) is 0 Å². The highest BCUT2D eigenvalue weighted by atomic mass is 35.5. The largest absolute Gasteiger partial charge is 0.398 e. The number of nitrogen functional groups attached to an aromatic ring is 1. The third-order valence-corrected chi connectivity index (χ3v) is 4.17. The average Bonchev–Trinajstić information content (AvgIpc) is 2.99. The SMILES string of the molecule is Nc1cc(C(=O)N2CCCC2c2cccnc2)ccc1Cl. The standard InChI is InChI=1S/C16H16ClN3O/c17-13-6-5-11(9-14(13)18)16(21)20-8-2-4-15(20)12-3-1-7-19-10-12/h1,3,5-7,9-10,15H,2,4,8,18H2. The number of nitrogens with zero attached hydrogens (tertiary/aromatic N) is 2. The van der Waals surface area contributed by atoms with Crippen LogP contribution in [0.15, 0.2) is 42.7 Å². The van der Waals surface area contributed by atoms with Crippen LogP contribution < -0.4 is 5.73 Å². The number of pyridine rings is 1. The Balaban J connectivity index is 1.88. The van der Waals surface area contributed by atoms with E-state index in [0.717, 1.165) is 24.9 Å². The minimum Gasteiger partial charge on any atom is -0.398 e. The molecule has 0 spiro atoms. The first-order valence-corrected chi connectivity index (χ1v) is 7.30. The fourth-order valence-electron chi connectivity index (χ4n) is 2.77. The van der Waals surface area contributed by atoms with Gasteiger partial charge in [-0.05, 0) is 42.7 Å². The predicted octanol–water partition coefficient (Wildman–Crippen LogP) is 3.29. The zero-order chi connectivity index (χ0) is 14.8. The average molecular weight is 302 g/mol. The highest BCUT2D eigenvalue weighted by Gasteiger charge is 2.30. The van der Waals surface area contributed by atoms with Crippen LogP contribution >= 0.6 is 11.6 Å². The van der Waals surface area contributed by atoms with Crippen molar-refractivity contribution < 1.29 is 4.79 Å². The maximum absolute atomic E-state index is 12.7. The van der Waals surface area contributed by atoms with Crippen molar-refractivity contribution in [2.45, 2.75) is 18.9 Å². The molecule has 1 fully saturated rings. The van der Waals surface area contributed by atoms with Crippen molar-refractivity contribution in [3.05, 3.63) is 58.9 Å². The summed E-state index contributed by atoms with van der Waals surface area (Å²) < 4.78 is 0. The quantitative estimate of drug-likeness (QED) is 0.866. The van der Waals surface area contributed by atoms with Gasteiger partial charge in [-0.3, -0.25) is 9.78 Å². The zero-order valence-electron chi connectivity index (χ0n) is 11.5. The Morgan fingerprint density at radius 3 is 2.95 bits per heavy atom. The molecule has 0 bridgehead atoms. The number of hydrogen-bond donors (Lipinski definition) is 1. The van der Waals surface area contributed by atoms with Gasteiger partial charge in [0.05, 0.1) is 16.8 Å². The van der Waals surface area contributed by atoms with Crippen LogP contribution in [0.25, 0.3) is 0 Å². The lowest BCUT2D eigenvalue weighted by molar-refractivity contribution is 0.0735. The van der Waals surface area contributed by atoms with Gasteiger partial charge in [-0.2, -0.15) is 0 Å². The van der Waals surface area contributed by atoms with E-state index in [1.807, 2.05) is 23.2 Å². The Bertz CT molecular complexity index is 660. The Morgan fingerprint density at radius 2 is 2.24 bits per heavy atom. The molecule has 1 unspecified atom stereocenters. The molecule has 21 heavy (non-hydrogen) atoms. The van der Waals surface area contributed by atoms with Crippen LogP contribution in [0.3, 0.4) is 0 Å². The summed E-state index contributed by atoms with van der Waals surface area (Å²) >= 11 is 5.91. The van der Waals surface area contributed by atoms with E-state index in [1.165, 1.54) is 0 Å². The lowest BCUT2D eigenvalue weighted by Crippen LogP contribution is -2.30. The number of rotatable bonds is 2. The monoisotopic (exact) mass is 301 g/mol. The molecule has 0 aliphatic carbocycles. The molecule has 1 saturated heterocycles. The number of carbonyl (C=O) groups is 1. The Labute approximate surface area is 128 Å². The second-order valence-corrected chi connectivity index (χ2v) is 5.59. The Kier molecular flexibility index (Phi) is 3.80. The molecule has 2 aromatic rings. The smallest absolute Gasteiger partial charge is 0.254 e. The number of hydrogen-bond acceptors (Lipinski definition) is 3. The van der Waals surface area contributed by atoms with Crippen molar-refractivity contribution in [1.82, 2.24) is 9.88 Å². The van der Waals surface area contributed by atoms with E-state index in [-0.39, 0.29) is 11.9 Å². The molecule has 1 aliphatic heterocycles. The Morgan fingerprint density at radius 1 is 1.38 bits per heavy atom. The highest BCUT2D eigenvalue weighted by molar-refractivity contribution is 6.33. The molecule has 108 valence electrons. The summed E-state index contributed by atoms with van der Waals surface area (Å²) in [7, 11) is 0. The van der Waals surface area contributed by atoms with Gasteiger partial charge in [0.15, 0.2) is 0 Å². The van der Waals surface area contributed by atoms with Crippen LogP contribution in [-0.2, 0) is 0 Å². The number of benzene rings is 1. The number of carbonyl (C=O) groups excluding carboxylic acids is 1. The lowest BCUT2D eigenvalue weighted by Gasteiger charge is -2.25. The van der Waals surface area contributed by atoms with E-state index in [2.05, 4.69) is 4.98 Å². The molecule has 2 heterocycles. The number of nitrogens with two attached hydrogens (primary N) is 1. The highest BCUT2D eigenvalue weighted by Crippen LogP contribution is 2.33. The number of likely N-dealkylation sites (tertiary alicyclic amines) is 1. The van der Waals surface area contributed by atoms with E-state index in [4.69, 9.17) is 17.3 Å². The van der Waals surface area contributed by atoms with Crippen molar-refractivity contribution >= 4 is 23.2 Å². The van der Waals surface area contributed by atoms with Crippen molar-refractivity contribution in [3.8, 4) is 0 Å². The molecule has 0 radical (unpaired) electrons.